The van der Waals surface area contributed by atoms with E-state index in [0.717, 1.165) is 29.9 Å². The van der Waals surface area contributed by atoms with Crippen LogP contribution in [0.2, 0.25) is 0 Å². The number of rotatable bonds is 5. The molecule has 7 heteroatoms. The number of sulfonamides is 1. The summed E-state index contributed by atoms with van der Waals surface area (Å²) in [6.07, 6.45) is 6.82. The fraction of sp³-hybridized carbons (Fsp3) is 0.565. The highest BCUT2D eigenvalue weighted by atomic mass is 32.2. The van der Waals surface area contributed by atoms with Gasteiger partial charge in [-0.1, -0.05) is 37.6 Å². The molecule has 0 spiro atoms. The Balaban J connectivity index is 0.00000124. The molecule has 0 saturated carbocycles. The molecule has 1 aromatic rings. The van der Waals surface area contributed by atoms with Crippen LogP contribution in [0, 0.1) is 6.92 Å². The van der Waals surface area contributed by atoms with Crippen molar-refractivity contribution in [1.29, 1.82) is 0 Å². The SMILES string of the molecule is CC.Cc1ccc(S(=O)(=O)N(CC2COC3=C(C=CCC3)O2)C2CCOCC2)cc1. The summed E-state index contributed by atoms with van der Waals surface area (Å²) in [6.45, 7) is 7.74. The van der Waals surface area contributed by atoms with Gasteiger partial charge < -0.3 is 14.2 Å². The molecule has 1 atom stereocenters. The van der Waals surface area contributed by atoms with E-state index in [-0.39, 0.29) is 18.7 Å². The zero-order valence-electron chi connectivity index (χ0n) is 18.2. The second-order valence-corrected chi connectivity index (χ2v) is 9.40. The molecule has 0 radical (unpaired) electrons. The van der Waals surface area contributed by atoms with Gasteiger partial charge in [0.05, 0.1) is 11.4 Å². The van der Waals surface area contributed by atoms with Gasteiger partial charge in [0.2, 0.25) is 10.0 Å². The second-order valence-electron chi connectivity index (χ2n) is 7.51. The van der Waals surface area contributed by atoms with Crippen molar-refractivity contribution in [3.8, 4) is 0 Å². The molecule has 0 amide bonds. The van der Waals surface area contributed by atoms with Crippen LogP contribution >= 0.6 is 0 Å². The molecule has 4 rings (SSSR count). The van der Waals surface area contributed by atoms with Crippen LogP contribution in [0.5, 0.6) is 0 Å². The molecule has 1 aromatic carbocycles. The maximum absolute atomic E-state index is 13.5. The lowest BCUT2D eigenvalue weighted by Gasteiger charge is -2.37. The van der Waals surface area contributed by atoms with Crippen LogP contribution < -0.4 is 0 Å². The number of ether oxygens (including phenoxy) is 3. The third-order valence-electron chi connectivity index (χ3n) is 5.43. The van der Waals surface area contributed by atoms with Crippen molar-refractivity contribution in [3.05, 3.63) is 53.5 Å². The van der Waals surface area contributed by atoms with Gasteiger partial charge in [-0.15, -0.1) is 0 Å². The van der Waals surface area contributed by atoms with Crippen LogP contribution in [0.25, 0.3) is 0 Å². The summed E-state index contributed by atoms with van der Waals surface area (Å²) in [7, 11) is -3.64. The lowest BCUT2D eigenvalue weighted by atomic mass is 10.1. The van der Waals surface area contributed by atoms with E-state index in [1.807, 2.05) is 39.0 Å². The van der Waals surface area contributed by atoms with Crippen LogP contribution in [0.1, 0.15) is 45.1 Å². The number of hydrogen-bond donors (Lipinski definition) is 0. The van der Waals surface area contributed by atoms with Crippen LogP contribution in [0.4, 0.5) is 0 Å². The summed E-state index contributed by atoms with van der Waals surface area (Å²) in [5.74, 6) is 1.61. The predicted octanol–water partition coefficient (Wildman–Crippen LogP) is 4.17. The highest BCUT2D eigenvalue weighted by Crippen LogP contribution is 2.29. The molecule has 166 valence electrons. The molecular weight excluding hydrogens is 402 g/mol. The average molecular weight is 436 g/mol. The van der Waals surface area contributed by atoms with Gasteiger partial charge in [-0.25, -0.2) is 8.42 Å². The maximum atomic E-state index is 13.5. The molecule has 3 aliphatic rings. The monoisotopic (exact) mass is 435 g/mol. The lowest BCUT2D eigenvalue weighted by molar-refractivity contribution is -0.0200. The number of benzene rings is 1. The average Bonchev–Trinajstić information content (AvgIpc) is 2.79. The number of allylic oxidation sites excluding steroid dienone is 3. The first-order valence-corrected chi connectivity index (χ1v) is 12.3. The Bertz CT molecular complexity index is 854. The van der Waals surface area contributed by atoms with Gasteiger partial charge in [-0.3, -0.25) is 0 Å². The zero-order chi connectivity index (χ0) is 21.6. The molecule has 2 heterocycles. The molecule has 1 unspecified atom stereocenters. The Morgan fingerprint density at radius 2 is 1.80 bits per heavy atom. The van der Waals surface area contributed by atoms with Crippen molar-refractivity contribution in [3.63, 3.8) is 0 Å². The molecule has 1 aliphatic carbocycles. The van der Waals surface area contributed by atoms with Crippen LogP contribution in [0.15, 0.2) is 52.8 Å². The van der Waals surface area contributed by atoms with E-state index in [0.29, 0.717) is 37.6 Å². The van der Waals surface area contributed by atoms with Crippen molar-refractivity contribution in [2.24, 2.45) is 0 Å². The van der Waals surface area contributed by atoms with Gasteiger partial charge in [0.15, 0.2) is 5.76 Å². The zero-order valence-corrected chi connectivity index (χ0v) is 19.0. The molecule has 0 N–H and O–H groups in total. The van der Waals surface area contributed by atoms with Crippen molar-refractivity contribution >= 4 is 10.0 Å². The summed E-state index contributed by atoms with van der Waals surface area (Å²) in [6, 6.07) is 6.93. The summed E-state index contributed by atoms with van der Waals surface area (Å²) < 4.78 is 45.9. The Morgan fingerprint density at radius 3 is 2.50 bits per heavy atom. The first-order valence-electron chi connectivity index (χ1n) is 10.9. The number of aryl methyl sites for hydroxylation is 1. The van der Waals surface area contributed by atoms with Crippen molar-refractivity contribution in [2.45, 2.75) is 63.5 Å². The summed E-state index contributed by atoms with van der Waals surface area (Å²) in [5.41, 5.74) is 1.03. The van der Waals surface area contributed by atoms with E-state index in [1.54, 1.807) is 16.4 Å². The van der Waals surface area contributed by atoms with E-state index < -0.39 is 10.0 Å². The Kier molecular flexibility index (Phi) is 7.97. The predicted molar refractivity (Wildman–Crippen MR) is 116 cm³/mol. The third-order valence-corrected chi connectivity index (χ3v) is 7.36. The Morgan fingerprint density at radius 1 is 1.10 bits per heavy atom. The third kappa shape index (κ3) is 5.25. The van der Waals surface area contributed by atoms with E-state index in [2.05, 4.69) is 6.08 Å². The first kappa shape index (κ1) is 22.8. The number of nitrogens with zero attached hydrogens (tertiary/aromatic N) is 1. The van der Waals surface area contributed by atoms with Crippen LogP contribution in [-0.2, 0) is 24.2 Å². The first-order chi connectivity index (χ1) is 14.5. The minimum atomic E-state index is -3.64. The molecular formula is C23H33NO5S. The summed E-state index contributed by atoms with van der Waals surface area (Å²) >= 11 is 0. The molecule has 30 heavy (non-hydrogen) atoms. The Hall–Kier alpha value is -1.83. The molecule has 1 saturated heterocycles. The van der Waals surface area contributed by atoms with Gasteiger partial charge in [0.25, 0.3) is 0 Å². The van der Waals surface area contributed by atoms with E-state index in [9.17, 15) is 8.42 Å². The van der Waals surface area contributed by atoms with Gasteiger partial charge in [-0.2, -0.15) is 4.31 Å². The normalized spacial score (nSPS) is 21.9. The van der Waals surface area contributed by atoms with E-state index in [1.165, 1.54) is 0 Å². The smallest absolute Gasteiger partial charge is 0.243 e. The minimum absolute atomic E-state index is 0.0964. The van der Waals surface area contributed by atoms with Gasteiger partial charge in [0.1, 0.15) is 18.5 Å². The lowest BCUT2D eigenvalue weighted by Crippen LogP contribution is -2.48. The standard InChI is InChI=1S/C21H27NO5S.C2H6/c1-16-6-8-19(9-7-16)28(23,24)22(17-10-12-25-13-11-17)14-18-15-26-20-4-2-3-5-21(20)27-18;1-2/h3,5-9,17-18H,2,4,10-15H2,1H3;1-2H3. The largest absolute Gasteiger partial charge is 0.490 e. The van der Waals surface area contributed by atoms with Crippen LogP contribution in [0.3, 0.4) is 0 Å². The van der Waals surface area contributed by atoms with Crippen molar-refractivity contribution < 1.29 is 22.6 Å². The maximum Gasteiger partial charge on any atom is 0.243 e. The fourth-order valence-corrected chi connectivity index (χ4v) is 5.55. The van der Waals surface area contributed by atoms with Crippen LogP contribution in [-0.4, -0.2) is 51.2 Å². The highest BCUT2D eigenvalue weighted by molar-refractivity contribution is 7.89. The molecule has 1 fully saturated rings. The number of hydrogen-bond acceptors (Lipinski definition) is 5. The van der Waals surface area contributed by atoms with E-state index >= 15 is 0 Å². The van der Waals surface area contributed by atoms with Crippen molar-refractivity contribution in [1.82, 2.24) is 4.31 Å². The van der Waals surface area contributed by atoms with Gasteiger partial charge >= 0.3 is 0 Å². The molecule has 6 nitrogen and oxygen atoms in total. The molecule has 2 aliphatic heterocycles. The summed E-state index contributed by atoms with van der Waals surface area (Å²) in [4.78, 5) is 0.318. The topological polar surface area (TPSA) is 65.1 Å². The van der Waals surface area contributed by atoms with Gasteiger partial charge in [0, 0.05) is 25.7 Å². The van der Waals surface area contributed by atoms with E-state index in [4.69, 9.17) is 14.2 Å². The quantitative estimate of drug-likeness (QED) is 0.695. The molecule has 0 bridgehead atoms. The fourth-order valence-electron chi connectivity index (χ4n) is 3.83. The van der Waals surface area contributed by atoms with Gasteiger partial charge in [-0.05, 0) is 44.4 Å². The Labute approximate surface area is 180 Å². The van der Waals surface area contributed by atoms with Crippen molar-refractivity contribution in [2.75, 3.05) is 26.4 Å². The second kappa shape index (κ2) is 10.5. The minimum Gasteiger partial charge on any atom is -0.490 e. The highest BCUT2D eigenvalue weighted by Gasteiger charge is 2.36. The summed E-state index contributed by atoms with van der Waals surface area (Å²) in [5, 5.41) is 0. The molecule has 0 aromatic heterocycles.